The summed E-state index contributed by atoms with van der Waals surface area (Å²) < 4.78 is 5.35. The standard InChI is InChI=1S/C21H23NO3/c1-14-15(2)19(25-3)12-11-16(14)8-6-7-13-22-20(23)17-9-4-5-10-18(17)21(22)24/h4-5,9-12H,6-8,13H2,1-3H3. The molecular formula is C21H23NO3. The largest absolute Gasteiger partial charge is 0.496 e. The predicted molar refractivity (Wildman–Crippen MR) is 97.2 cm³/mol. The Balaban J connectivity index is 1.57. The summed E-state index contributed by atoms with van der Waals surface area (Å²) in [5.74, 6) is 0.571. The molecule has 0 bridgehead atoms. The molecule has 0 aromatic heterocycles. The van der Waals surface area contributed by atoms with E-state index in [2.05, 4.69) is 19.9 Å². The Morgan fingerprint density at radius 2 is 1.52 bits per heavy atom. The zero-order valence-corrected chi connectivity index (χ0v) is 15.0. The molecule has 2 amide bonds. The van der Waals surface area contributed by atoms with Gasteiger partial charge in [0, 0.05) is 6.54 Å². The number of fused-ring (bicyclic) bond motifs is 1. The number of rotatable bonds is 6. The van der Waals surface area contributed by atoms with Crippen LogP contribution in [0.25, 0.3) is 0 Å². The van der Waals surface area contributed by atoms with Gasteiger partial charge < -0.3 is 4.74 Å². The molecule has 1 aliphatic rings. The van der Waals surface area contributed by atoms with Crippen LogP contribution >= 0.6 is 0 Å². The van der Waals surface area contributed by atoms with Crippen LogP contribution < -0.4 is 4.74 Å². The number of carbonyl (C=O) groups excluding carboxylic acids is 2. The molecule has 0 aliphatic carbocycles. The first kappa shape index (κ1) is 17.2. The van der Waals surface area contributed by atoms with E-state index in [-0.39, 0.29) is 11.8 Å². The van der Waals surface area contributed by atoms with Gasteiger partial charge in [-0.2, -0.15) is 0 Å². The lowest BCUT2D eigenvalue weighted by Crippen LogP contribution is -2.30. The number of benzene rings is 2. The maximum absolute atomic E-state index is 12.3. The molecule has 0 saturated carbocycles. The number of amides is 2. The molecule has 1 heterocycles. The molecule has 2 aromatic carbocycles. The smallest absolute Gasteiger partial charge is 0.261 e. The van der Waals surface area contributed by atoms with Crippen molar-refractivity contribution >= 4 is 11.8 Å². The monoisotopic (exact) mass is 337 g/mol. The molecule has 25 heavy (non-hydrogen) atoms. The van der Waals surface area contributed by atoms with Crippen molar-refractivity contribution in [3.63, 3.8) is 0 Å². The van der Waals surface area contributed by atoms with Gasteiger partial charge in [-0.1, -0.05) is 18.2 Å². The number of aryl methyl sites for hydroxylation is 1. The Morgan fingerprint density at radius 1 is 0.880 bits per heavy atom. The topological polar surface area (TPSA) is 46.6 Å². The lowest BCUT2D eigenvalue weighted by Gasteiger charge is -2.15. The predicted octanol–water partition coefficient (Wildman–Crippen LogP) is 3.93. The highest BCUT2D eigenvalue weighted by molar-refractivity contribution is 6.21. The summed E-state index contributed by atoms with van der Waals surface area (Å²) in [4.78, 5) is 26.0. The first-order valence-electron chi connectivity index (χ1n) is 8.63. The maximum atomic E-state index is 12.3. The SMILES string of the molecule is COc1ccc(CCCCN2C(=O)c3ccccc3C2=O)c(C)c1C. The van der Waals surface area contributed by atoms with Crippen molar-refractivity contribution in [3.8, 4) is 5.75 Å². The summed E-state index contributed by atoms with van der Waals surface area (Å²) in [5, 5.41) is 0. The minimum Gasteiger partial charge on any atom is -0.496 e. The Kier molecular flexibility index (Phi) is 4.88. The first-order valence-corrected chi connectivity index (χ1v) is 8.63. The van der Waals surface area contributed by atoms with Crippen LogP contribution in [-0.4, -0.2) is 30.4 Å². The molecule has 0 spiro atoms. The fraction of sp³-hybridized carbons (Fsp3) is 0.333. The zero-order chi connectivity index (χ0) is 18.0. The van der Waals surface area contributed by atoms with E-state index in [1.54, 1.807) is 31.4 Å². The number of nitrogens with zero attached hydrogens (tertiary/aromatic N) is 1. The number of imide groups is 1. The van der Waals surface area contributed by atoms with E-state index in [0.29, 0.717) is 17.7 Å². The van der Waals surface area contributed by atoms with E-state index in [4.69, 9.17) is 4.74 Å². The summed E-state index contributed by atoms with van der Waals surface area (Å²) >= 11 is 0. The fourth-order valence-electron chi connectivity index (χ4n) is 3.37. The number of carbonyl (C=O) groups is 2. The Bertz CT molecular complexity index is 791. The van der Waals surface area contributed by atoms with Crippen LogP contribution in [0.4, 0.5) is 0 Å². The van der Waals surface area contributed by atoms with Crippen molar-refractivity contribution in [2.45, 2.75) is 33.1 Å². The lowest BCUT2D eigenvalue weighted by atomic mass is 9.98. The van der Waals surface area contributed by atoms with Gasteiger partial charge in [-0.15, -0.1) is 0 Å². The molecule has 0 unspecified atom stereocenters. The molecule has 0 fully saturated rings. The summed E-state index contributed by atoms with van der Waals surface area (Å²) in [5.41, 5.74) is 4.75. The van der Waals surface area contributed by atoms with Gasteiger partial charge >= 0.3 is 0 Å². The number of unbranched alkanes of at least 4 members (excludes halogenated alkanes) is 1. The second-order valence-electron chi connectivity index (χ2n) is 6.44. The minimum atomic E-state index is -0.169. The highest BCUT2D eigenvalue weighted by atomic mass is 16.5. The van der Waals surface area contributed by atoms with Gasteiger partial charge in [0.2, 0.25) is 0 Å². The normalized spacial score (nSPS) is 13.3. The fourth-order valence-corrected chi connectivity index (χ4v) is 3.37. The van der Waals surface area contributed by atoms with Gasteiger partial charge in [0.05, 0.1) is 18.2 Å². The highest BCUT2D eigenvalue weighted by Gasteiger charge is 2.34. The van der Waals surface area contributed by atoms with Crippen molar-refractivity contribution in [2.75, 3.05) is 13.7 Å². The Hall–Kier alpha value is -2.62. The summed E-state index contributed by atoms with van der Waals surface area (Å²) in [6, 6.07) is 11.1. The van der Waals surface area contributed by atoms with Crippen LogP contribution in [0.2, 0.25) is 0 Å². The number of methoxy groups -OCH3 is 1. The molecule has 4 heteroatoms. The molecule has 4 nitrogen and oxygen atoms in total. The van der Waals surface area contributed by atoms with E-state index in [1.165, 1.54) is 21.6 Å². The molecular weight excluding hydrogens is 314 g/mol. The third-order valence-corrected chi connectivity index (χ3v) is 5.03. The molecule has 0 atom stereocenters. The van der Waals surface area contributed by atoms with E-state index in [0.717, 1.165) is 25.0 Å². The Labute approximate surface area is 148 Å². The van der Waals surface area contributed by atoms with Crippen molar-refractivity contribution < 1.29 is 14.3 Å². The van der Waals surface area contributed by atoms with Crippen LogP contribution in [0.1, 0.15) is 50.2 Å². The van der Waals surface area contributed by atoms with Crippen LogP contribution in [0.5, 0.6) is 5.75 Å². The molecule has 1 aliphatic heterocycles. The van der Waals surface area contributed by atoms with Crippen molar-refractivity contribution in [2.24, 2.45) is 0 Å². The van der Waals surface area contributed by atoms with E-state index in [1.807, 2.05) is 6.07 Å². The number of hydrogen-bond acceptors (Lipinski definition) is 3. The van der Waals surface area contributed by atoms with Crippen LogP contribution in [0.15, 0.2) is 36.4 Å². The molecule has 130 valence electrons. The van der Waals surface area contributed by atoms with E-state index in [9.17, 15) is 9.59 Å². The molecule has 2 aromatic rings. The Morgan fingerprint density at radius 3 is 2.12 bits per heavy atom. The lowest BCUT2D eigenvalue weighted by molar-refractivity contribution is 0.0652. The highest BCUT2D eigenvalue weighted by Crippen LogP contribution is 2.26. The summed E-state index contributed by atoms with van der Waals surface area (Å²) in [6.07, 6.45) is 2.66. The van der Waals surface area contributed by atoms with Gasteiger partial charge in [-0.25, -0.2) is 0 Å². The van der Waals surface area contributed by atoms with Crippen molar-refractivity contribution in [1.82, 2.24) is 4.90 Å². The molecule has 0 radical (unpaired) electrons. The number of ether oxygens (including phenoxy) is 1. The quantitative estimate of drug-likeness (QED) is 0.593. The van der Waals surface area contributed by atoms with Gasteiger partial charge in [0.25, 0.3) is 11.8 Å². The minimum absolute atomic E-state index is 0.169. The van der Waals surface area contributed by atoms with E-state index >= 15 is 0 Å². The maximum Gasteiger partial charge on any atom is 0.261 e. The average Bonchev–Trinajstić information content (AvgIpc) is 2.87. The average molecular weight is 337 g/mol. The van der Waals surface area contributed by atoms with E-state index < -0.39 is 0 Å². The molecule has 0 N–H and O–H groups in total. The zero-order valence-electron chi connectivity index (χ0n) is 15.0. The summed E-state index contributed by atoms with van der Waals surface area (Å²) in [6.45, 7) is 4.65. The molecule has 0 saturated heterocycles. The second kappa shape index (κ2) is 7.09. The van der Waals surface area contributed by atoms with Gasteiger partial charge in [0.1, 0.15) is 5.75 Å². The van der Waals surface area contributed by atoms with Crippen molar-refractivity contribution in [3.05, 3.63) is 64.2 Å². The van der Waals surface area contributed by atoms with Gasteiger partial charge in [-0.05, 0) is 68.0 Å². The third kappa shape index (κ3) is 3.16. The second-order valence-corrected chi connectivity index (χ2v) is 6.44. The third-order valence-electron chi connectivity index (χ3n) is 5.03. The van der Waals surface area contributed by atoms with Gasteiger partial charge in [0.15, 0.2) is 0 Å². The van der Waals surface area contributed by atoms with Crippen LogP contribution in [-0.2, 0) is 6.42 Å². The molecule has 3 rings (SSSR count). The van der Waals surface area contributed by atoms with Gasteiger partial charge in [-0.3, -0.25) is 14.5 Å². The van der Waals surface area contributed by atoms with Crippen LogP contribution in [0.3, 0.4) is 0 Å². The first-order chi connectivity index (χ1) is 12.0. The number of hydrogen-bond donors (Lipinski definition) is 0. The summed E-state index contributed by atoms with van der Waals surface area (Å²) in [7, 11) is 1.68. The van der Waals surface area contributed by atoms with Crippen molar-refractivity contribution in [1.29, 1.82) is 0 Å². The van der Waals surface area contributed by atoms with Crippen LogP contribution in [0, 0.1) is 13.8 Å².